The van der Waals surface area contributed by atoms with E-state index in [4.69, 9.17) is 5.73 Å². The normalized spacial score (nSPS) is 10.6. The van der Waals surface area contributed by atoms with Gasteiger partial charge in [0.15, 0.2) is 0 Å². The first-order chi connectivity index (χ1) is 9.22. The summed E-state index contributed by atoms with van der Waals surface area (Å²) in [4.78, 5) is 8.48. The number of fused-ring (bicyclic) bond motifs is 1. The zero-order chi connectivity index (χ0) is 13.2. The van der Waals surface area contributed by atoms with E-state index >= 15 is 0 Å². The molecule has 0 aliphatic heterocycles. The van der Waals surface area contributed by atoms with Crippen molar-refractivity contribution in [2.75, 3.05) is 11.1 Å². The molecule has 0 bridgehead atoms. The third kappa shape index (κ3) is 2.51. The lowest BCUT2D eigenvalue weighted by molar-refractivity contribution is 1.23. The molecule has 94 valence electrons. The largest absolute Gasteiger partial charge is 0.368 e. The summed E-state index contributed by atoms with van der Waals surface area (Å²) in [6.07, 6.45) is 0. The van der Waals surface area contributed by atoms with Crippen LogP contribution in [-0.2, 0) is 0 Å². The number of nitrogens with one attached hydrogen (secondary N) is 1. The van der Waals surface area contributed by atoms with Gasteiger partial charge in [0.25, 0.3) is 0 Å². The van der Waals surface area contributed by atoms with Crippen LogP contribution >= 0.6 is 15.9 Å². The Morgan fingerprint density at radius 2 is 1.84 bits per heavy atom. The molecule has 5 heteroatoms. The molecule has 0 aliphatic carbocycles. The van der Waals surface area contributed by atoms with Crippen LogP contribution in [0.2, 0.25) is 0 Å². The fourth-order valence-corrected chi connectivity index (χ4v) is 2.29. The first kappa shape index (κ1) is 11.9. The third-order valence-electron chi connectivity index (χ3n) is 2.71. The first-order valence-corrected chi connectivity index (χ1v) is 6.56. The molecule has 0 atom stereocenters. The molecule has 1 aromatic heterocycles. The Labute approximate surface area is 118 Å². The molecule has 3 N–H and O–H groups in total. The van der Waals surface area contributed by atoms with E-state index in [1.54, 1.807) is 0 Å². The maximum Gasteiger partial charge on any atom is 0.222 e. The minimum absolute atomic E-state index is 0.260. The number of hydrogen-bond donors (Lipinski definition) is 2. The molecule has 1 heterocycles. The number of nitrogens with zero attached hydrogens (tertiary/aromatic N) is 2. The van der Waals surface area contributed by atoms with Crippen LogP contribution in [0.25, 0.3) is 10.9 Å². The molecule has 0 spiro atoms. The second-order valence-electron chi connectivity index (χ2n) is 4.08. The highest BCUT2D eigenvalue weighted by atomic mass is 79.9. The Bertz CT molecular complexity index is 742. The predicted octanol–water partition coefficient (Wildman–Crippen LogP) is 3.72. The fourth-order valence-electron chi connectivity index (χ4n) is 1.89. The molecule has 0 radical (unpaired) electrons. The van der Waals surface area contributed by atoms with Crippen LogP contribution in [0.1, 0.15) is 0 Å². The van der Waals surface area contributed by atoms with Gasteiger partial charge in [-0.2, -0.15) is 4.98 Å². The van der Waals surface area contributed by atoms with Crippen molar-refractivity contribution in [1.82, 2.24) is 9.97 Å². The monoisotopic (exact) mass is 314 g/mol. The number of para-hydroxylation sites is 1. The van der Waals surface area contributed by atoms with Gasteiger partial charge in [-0.3, -0.25) is 0 Å². The van der Waals surface area contributed by atoms with E-state index in [0.29, 0.717) is 5.82 Å². The third-order valence-corrected chi connectivity index (χ3v) is 3.20. The van der Waals surface area contributed by atoms with E-state index in [-0.39, 0.29) is 5.95 Å². The molecule has 0 aliphatic rings. The highest BCUT2D eigenvalue weighted by molar-refractivity contribution is 9.10. The van der Waals surface area contributed by atoms with Gasteiger partial charge in [0.2, 0.25) is 5.95 Å². The van der Waals surface area contributed by atoms with Gasteiger partial charge in [0.1, 0.15) is 5.82 Å². The van der Waals surface area contributed by atoms with E-state index in [1.807, 2.05) is 48.5 Å². The molecule has 3 rings (SSSR count). The molecule has 4 nitrogen and oxygen atoms in total. The van der Waals surface area contributed by atoms with Crippen molar-refractivity contribution in [2.24, 2.45) is 0 Å². The number of hydrogen-bond acceptors (Lipinski definition) is 4. The average Bonchev–Trinajstić information content (AvgIpc) is 2.38. The van der Waals surface area contributed by atoms with Crippen LogP contribution in [0.5, 0.6) is 0 Å². The Morgan fingerprint density at radius 1 is 1.00 bits per heavy atom. The lowest BCUT2D eigenvalue weighted by Gasteiger charge is -2.09. The van der Waals surface area contributed by atoms with Crippen molar-refractivity contribution in [3.63, 3.8) is 0 Å². The van der Waals surface area contributed by atoms with Crippen molar-refractivity contribution in [2.45, 2.75) is 0 Å². The Balaban J connectivity index is 2.09. The first-order valence-electron chi connectivity index (χ1n) is 5.77. The topological polar surface area (TPSA) is 63.8 Å². The maximum absolute atomic E-state index is 5.74. The van der Waals surface area contributed by atoms with Gasteiger partial charge in [-0.1, -0.05) is 34.1 Å². The molecule has 2 aromatic carbocycles. The second kappa shape index (κ2) is 4.85. The van der Waals surface area contributed by atoms with Gasteiger partial charge in [0, 0.05) is 15.5 Å². The molecule has 0 fully saturated rings. The summed E-state index contributed by atoms with van der Waals surface area (Å²) in [6.45, 7) is 0. The maximum atomic E-state index is 5.74. The second-order valence-corrected chi connectivity index (χ2v) is 5.00. The van der Waals surface area contributed by atoms with Gasteiger partial charge in [-0.25, -0.2) is 4.98 Å². The number of benzene rings is 2. The quantitative estimate of drug-likeness (QED) is 0.756. The number of nitrogen functional groups attached to an aromatic ring is 1. The summed E-state index contributed by atoms with van der Waals surface area (Å²) >= 11 is 3.44. The van der Waals surface area contributed by atoms with Crippen molar-refractivity contribution < 1.29 is 0 Å². The van der Waals surface area contributed by atoms with Crippen LogP contribution in [0.4, 0.5) is 17.5 Å². The number of aromatic nitrogens is 2. The molecule has 0 saturated carbocycles. The Kier molecular flexibility index (Phi) is 3.05. The highest BCUT2D eigenvalue weighted by Gasteiger charge is 2.06. The zero-order valence-electron chi connectivity index (χ0n) is 9.97. The van der Waals surface area contributed by atoms with Crippen LogP contribution < -0.4 is 11.1 Å². The van der Waals surface area contributed by atoms with E-state index in [2.05, 4.69) is 31.2 Å². The average molecular weight is 315 g/mol. The number of nitrogens with two attached hydrogens (primary N) is 1. The van der Waals surface area contributed by atoms with Crippen LogP contribution in [0.3, 0.4) is 0 Å². The summed E-state index contributed by atoms with van der Waals surface area (Å²) in [6, 6.07) is 15.6. The van der Waals surface area contributed by atoms with Gasteiger partial charge in [-0.15, -0.1) is 0 Å². The molecular weight excluding hydrogens is 304 g/mol. The lowest BCUT2D eigenvalue weighted by Crippen LogP contribution is -2.01. The van der Waals surface area contributed by atoms with Gasteiger partial charge in [0.05, 0.1) is 5.52 Å². The zero-order valence-corrected chi connectivity index (χ0v) is 11.6. The summed E-state index contributed by atoms with van der Waals surface area (Å²) in [5.41, 5.74) is 7.51. The number of halogens is 1. The number of anilines is 3. The number of rotatable bonds is 2. The van der Waals surface area contributed by atoms with E-state index in [1.165, 1.54) is 0 Å². The van der Waals surface area contributed by atoms with Gasteiger partial charge in [-0.05, 0) is 30.3 Å². The lowest BCUT2D eigenvalue weighted by atomic mass is 10.2. The van der Waals surface area contributed by atoms with Crippen molar-refractivity contribution in [1.29, 1.82) is 0 Å². The molecular formula is C14H11BrN4. The minimum atomic E-state index is 0.260. The van der Waals surface area contributed by atoms with Gasteiger partial charge < -0.3 is 11.1 Å². The molecule has 0 amide bonds. The van der Waals surface area contributed by atoms with Gasteiger partial charge >= 0.3 is 0 Å². The van der Waals surface area contributed by atoms with E-state index in [0.717, 1.165) is 21.1 Å². The summed E-state index contributed by atoms with van der Waals surface area (Å²) in [7, 11) is 0. The Hall–Kier alpha value is -2.14. The molecule has 3 aromatic rings. The molecule has 0 saturated heterocycles. The van der Waals surface area contributed by atoms with E-state index < -0.39 is 0 Å². The van der Waals surface area contributed by atoms with E-state index in [9.17, 15) is 0 Å². The van der Waals surface area contributed by atoms with Crippen molar-refractivity contribution in [3.8, 4) is 0 Å². The fraction of sp³-hybridized carbons (Fsp3) is 0. The molecule has 0 unspecified atom stereocenters. The predicted molar refractivity (Wildman–Crippen MR) is 81.4 cm³/mol. The summed E-state index contributed by atoms with van der Waals surface area (Å²) in [5.74, 6) is 0.970. The summed E-state index contributed by atoms with van der Waals surface area (Å²) in [5, 5.41) is 4.21. The van der Waals surface area contributed by atoms with Crippen LogP contribution in [-0.4, -0.2) is 9.97 Å². The van der Waals surface area contributed by atoms with Crippen LogP contribution in [0, 0.1) is 0 Å². The minimum Gasteiger partial charge on any atom is -0.368 e. The highest BCUT2D eigenvalue weighted by Crippen LogP contribution is 2.25. The standard InChI is InChI=1S/C14H11BrN4/c15-9-4-3-5-10(8-9)17-13-11-6-1-2-7-12(11)18-14(16)19-13/h1-8H,(H3,16,17,18,19). The SMILES string of the molecule is Nc1nc(Nc2cccc(Br)c2)c2ccccc2n1. The van der Waals surface area contributed by atoms with Crippen molar-refractivity contribution >= 4 is 44.3 Å². The molecule has 19 heavy (non-hydrogen) atoms. The van der Waals surface area contributed by atoms with Crippen molar-refractivity contribution in [3.05, 3.63) is 53.0 Å². The van der Waals surface area contributed by atoms with Crippen LogP contribution in [0.15, 0.2) is 53.0 Å². The Morgan fingerprint density at radius 3 is 2.68 bits per heavy atom. The summed E-state index contributed by atoms with van der Waals surface area (Å²) < 4.78 is 1.00. The smallest absolute Gasteiger partial charge is 0.222 e.